The van der Waals surface area contributed by atoms with Crippen molar-refractivity contribution in [1.29, 1.82) is 0 Å². The molecule has 2 bridgehead atoms. The second-order valence-electron chi connectivity index (χ2n) is 5.17. The molecule has 1 heteroatoms. The molecule has 0 spiro atoms. The molecular weight excluding hydrogens is 148 g/mol. The Labute approximate surface area is 75.2 Å². The molecule has 1 N–H and O–H groups in total. The normalized spacial score (nSPS) is 47.5. The minimum Gasteiger partial charge on any atom is -0.396 e. The fraction of sp³-hybridized carbons (Fsp3) is 1.00. The van der Waals surface area contributed by atoms with Crippen LogP contribution in [0.4, 0.5) is 0 Å². The van der Waals surface area contributed by atoms with E-state index in [1.807, 2.05) is 0 Å². The van der Waals surface area contributed by atoms with Crippen LogP contribution >= 0.6 is 0 Å². The van der Waals surface area contributed by atoms with Crippen molar-refractivity contribution in [1.82, 2.24) is 0 Å². The van der Waals surface area contributed by atoms with Crippen LogP contribution in [0.3, 0.4) is 0 Å². The molecule has 2 aliphatic rings. The van der Waals surface area contributed by atoms with Crippen LogP contribution in [-0.4, -0.2) is 11.7 Å². The Hall–Kier alpha value is -0.0400. The lowest BCUT2D eigenvalue weighted by atomic mass is 9.60. The molecule has 0 amide bonds. The first-order valence-electron chi connectivity index (χ1n) is 5.35. The van der Waals surface area contributed by atoms with Crippen LogP contribution in [0.2, 0.25) is 0 Å². The molecule has 0 aromatic rings. The molecule has 2 aliphatic carbocycles. The highest BCUT2D eigenvalue weighted by molar-refractivity contribution is 4.92. The lowest BCUT2D eigenvalue weighted by molar-refractivity contribution is -0.00369. The summed E-state index contributed by atoms with van der Waals surface area (Å²) in [6, 6.07) is 0. The minimum absolute atomic E-state index is 0.348. The van der Waals surface area contributed by atoms with Crippen LogP contribution in [0, 0.1) is 17.3 Å². The molecule has 0 aromatic heterocycles. The Morgan fingerprint density at radius 1 is 1.42 bits per heavy atom. The number of hydrogen-bond acceptors (Lipinski definition) is 1. The molecule has 0 heterocycles. The third kappa shape index (κ3) is 1.39. The van der Waals surface area contributed by atoms with Gasteiger partial charge in [0.15, 0.2) is 0 Å². The first kappa shape index (κ1) is 8.55. The maximum atomic E-state index is 9.41. The van der Waals surface area contributed by atoms with Crippen molar-refractivity contribution in [3.8, 4) is 0 Å². The summed E-state index contributed by atoms with van der Waals surface area (Å²) in [6.45, 7) is 2.79. The third-order valence-electron chi connectivity index (χ3n) is 3.89. The summed E-state index contributed by atoms with van der Waals surface area (Å²) >= 11 is 0. The van der Waals surface area contributed by atoms with E-state index in [1.54, 1.807) is 0 Å². The topological polar surface area (TPSA) is 20.2 Å². The summed E-state index contributed by atoms with van der Waals surface area (Å²) in [6.07, 6.45) is 8.07. The van der Waals surface area contributed by atoms with Gasteiger partial charge in [-0.3, -0.25) is 0 Å². The van der Waals surface area contributed by atoms with Gasteiger partial charge in [-0.25, -0.2) is 0 Å². The zero-order valence-corrected chi connectivity index (χ0v) is 8.05. The number of aliphatic hydroxyl groups excluding tert-OH is 1. The van der Waals surface area contributed by atoms with Crippen molar-refractivity contribution >= 4 is 0 Å². The van der Waals surface area contributed by atoms with Gasteiger partial charge in [0.25, 0.3) is 0 Å². The van der Waals surface area contributed by atoms with E-state index in [2.05, 4.69) is 6.92 Å². The molecule has 1 nitrogen and oxygen atoms in total. The summed E-state index contributed by atoms with van der Waals surface area (Å²) in [5, 5.41) is 9.41. The maximum absolute atomic E-state index is 9.41. The van der Waals surface area contributed by atoms with Crippen molar-refractivity contribution in [2.75, 3.05) is 6.61 Å². The fourth-order valence-electron chi connectivity index (χ4n) is 3.57. The largest absolute Gasteiger partial charge is 0.396 e. The van der Waals surface area contributed by atoms with E-state index in [0.29, 0.717) is 12.0 Å². The summed E-state index contributed by atoms with van der Waals surface area (Å²) < 4.78 is 0. The lowest BCUT2D eigenvalue weighted by Crippen LogP contribution is -2.38. The van der Waals surface area contributed by atoms with Crippen molar-refractivity contribution < 1.29 is 5.11 Å². The molecule has 12 heavy (non-hydrogen) atoms. The van der Waals surface area contributed by atoms with Crippen LogP contribution in [-0.2, 0) is 0 Å². The molecule has 70 valence electrons. The van der Waals surface area contributed by atoms with Gasteiger partial charge in [-0.2, -0.15) is 0 Å². The first-order chi connectivity index (χ1) is 5.74. The van der Waals surface area contributed by atoms with E-state index in [9.17, 15) is 5.11 Å². The van der Waals surface area contributed by atoms with E-state index in [1.165, 1.54) is 38.5 Å². The maximum Gasteiger partial charge on any atom is 0.0487 e. The highest BCUT2D eigenvalue weighted by Gasteiger charge is 2.41. The van der Waals surface area contributed by atoms with Gasteiger partial charge in [0.05, 0.1) is 0 Å². The molecule has 2 fully saturated rings. The van der Waals surface area contributed by atoms with Gasteiger partial charge in [0.1, 0.15) is 0 Å². The highest BCUT2D eigenvalue weighted by atomic mass is 16.3. The van der Waals surface area contributed by atoms with Crippen molar-refractivity contribution in [2.24, 2.45) is 17.3 Å². The van der Waals surface area contributed by atoms with E-state index in [-0.39, 0.29) is 0 Å². The Morgan fingerprint density at radius 3 is 3.00 bits per heavy atom. The molecular formula is C11H20O. The van der Waals surface area contributed by atoms with E-state index in [4.69, 9.17) is 0 Å². The molecule has 0 radical (unpaired) electrons. The molecule has 3 unspecified atom stereocenters. The molecule has 0 aromatic carbocycles. The monoisotopic (exact) mass is 168 g/mol. The Balaban J connectivity index is 2.10. The van der Waals surface area contributed by atoms with Crippen molar-refractivity contribution in [3.05, 3.63) is 0 Å². The van der Waals surface area contributed by atoms with Crippen LogP contribution < -0.4 is 0 Å². The van der Waals surface area contributed by atoms with Crippen molar-refractivity contribution in [3.63, 3.8) is 0 Å². The third-order valence-corrected chi connectivity index (χ3v) is 3.89. The average molecular weight is 168 g/mol. The van der Waals surface area contributed by atoms with Gasteiger partial charge in [0, 0.05) is 6.61 Å². The predicted octanol–water partition coefficient (Wildman–Crippen LogP) is 2.59. The summed E-state index contributed by atoms with van der Waals surface area (Å²) in [4.78, 5) is 0. The zero-order chi connectivity index (χ0) is 8.60. The van der Waals surface area contributed by atoms with Gasteiger partial charge in [-0.1, -0.05) is 19.8 Å². The average Bonchev–Trinajstić information content (AvgIpc) is 2.03. The van der Waals surface area contributed by atoms with Crippen molar-refractivity contribution in [2.45, 2.75) is 45.4 Å². The smallest absolute Gasteiger partial charge is 0.0487 e. The second-order valence-corrected chi connectivity index (χ2v) is 5.17. The van der Waals surface area contributed by atoms with Gasteiger partial charge >= 0.3 is 0 Å². The minimum atomic E-state index is 0.348. The molecule has 0 aliphatic heterocycles. The van der Waals surface area contributed by atoms with Crippen LogP contribution in [0.5, 0.6) is 0 Å². The second kappa shape index (κ2) is 3.02. The quantitative estimate of drug-likeness (QED) is 0.638. The predicted molar refractivity (Wildman–Crippen MR) is 49.9 cm³/mol. The number of hydrogen-bond donors (Lipinski definition) is 1. The van der Waals surface area contributed by atoms with E-state index in [0.717, 1.165) is 11.8 Å². The summed E-state index contributed by atoms with van der Waals surface area (Å²) in [7, 11) is 0. The Morgan fingerprint density at radius 2 is 2.25 bits per heavy atom. The highest BCUT2D eigenvalue weighted by Crippen LogP contribution is 2.50. The summed E-state index contributed by atoms with van der Waals surface area (Å²) in [5.41, 5.74) is 0.348. The van der Waals surface area contributed by atoms with Crippen LogP contribution in [0.1, 0.15) is 45.4 Å². The first-order valence-corrected chi connectivity index (χ1v) is 5.35. The number of rotatable bonds is 1. The molecule has 0 saturated heterocycles. The Bertz CT molecular complexity index is 162. The van der Waals surface area contributed by atoms with E-state index >= 15 is 0 Å². The summed E-state index contributed by atoms with van der Waals surface area (Å²) in [5.74, 6) is 1.80. The standard InChI is InChI=1S/C11H20O/c1-9-5-10-3-2-4-11(6-9,7-10)8-12/h9-10,12H,2-8H2,1H3. The molecule has 2 rings (SSSR count). The van der Waals surface area contributed by atoms with E-state index < -0.39 is 0 Å². The Kier molecular flexibility index (Phi) is 2.16. The molecule has 3 atom stereocenters. The SMILES string of the molecule is CC1CC2CCCC(CO)(C1)C2. The number of aliphatic hydroxyl groups is 1. The van der Waals surface area contributed by atoms with Crippen LogP contribution in [0.25, 0.3) is 0 Å². The molecule has 2 saturated carbocycles. The van der Waals surface area contributed by atoms with Gasteiger partial charge in [-0.15, -0.1) is 0 Å². The van der Waals surface area contributed by atoms with Gasteiger partial charge < -0.3 is 5.11 Å². The van der Waals surface area contributed by atoms with Gasteiger partial charge in [0.2, 0.25) is 0 Å². The fourth-order valence-corrected chi connectivity index (χ4v) is 3.57. The number of fused-ring (bicyclic) bond motifs is 2. The van der Waals surface area contributed by atoms with Crippen LogP contribution in [0.15, 0.2) is 0 Å². The zero-order valence-electron chi connectivity index (χ0n) is 8.05. The van der Waals surface area contributed by atoms with Gasteiger partial charge in [-0.05, 0) is 42.9 Å². The lowest BCUT2D eigenvalue weighted by Gasteiger charge is -2.46.